The largest absolute Gasteiger partial charge is 0.338 e. The van der Waals surface area contributed by atoms with Gasteiger partial charge >= 0.3 is 0 Å². The van der Waals surface area contributed by atoms with E-state index in [2.05, 4.69) is 26.8 Å². The van der Waals surface area contributed by atoms with Crippen LogP contribution in [0, 0.1) is 6.92 Å². The number of hydrogen-bond acceptors (Lipinski definition) is 4. The third-order valence-electron chi connectivity index (χ3n) is 2.44. The van der Waals surface area contributed by atoms with Crippen molar-refractivity contribution in [2.75, 3.05) is 38.1 Å². The first kappa shape index (κ1) is 9.40. The van der Waals surface area contributed by atoms with E-state index in [1.807, 2.05) is 0 Å². The van der Waals surface area contributed by atoms with Gasteiger partial charge in [0, 0.05) is 45.5 Å². The highest BCUT2D eigenvalue weighted by atomic mass is 15.3. The van der Waals surface area contributed by atoms with Gasteiger partial charge in [-0.1, -0.05) is 0 Å². The van der Waals surface area contributed by atoms with Gasteiger partial charge < -0.3 is 9.80 Å². The van der Waals surface area contributed by atoms with E-state index in [0.29, 0.717) is 5.56 Å². The summed E-state index contributed by atoms with van der Waals surface area (Å²) >= 11 is 0. The average molecular weight is 190 g/mol. The molecule has 1 aliphatic heterocycles. The van der Waals surface area contributed by atoms with Crippen LogP contribution in [-0.2, 0) is 0 Å². The Bertz CT molecular complexity index is 287. The number of likely N-dealkylation sites (N-methyl/N-ethyl adjacent to an activating group) is 1. The zero-order valence-electron chi connectivity index (χ0n) is 8.35. The highest BCUT2D eigenvalue weighted by molar-refractivity contribution is 5.31. The fraction of sp³-hybridized carbons (Fsp3) is 0.500. The number of aromatic nitrogens is 2. The van der Waals surface area contributed by atoms with Crippen LogP contribution in [0.15, 0.2) is 12.4 Å². The molecule has 4 nitrogen and oxygen atoms in total. The first-order valence-corrected chi connectivity index (χ1v) is 4.77. The SMILES string of the molecule is [CH]c1cnc(N2CCN(C)CC2)nc1. The van der Waals surface area contributed by atoms with Gasteiger partial charge in [-0.25, -0.2) is 9.97 Å². The maximum Gasteiger partial charge on any atom is 0.225 e. The number of anilines is 1. The van der Waals surface area contributed by atoms with E-state index < -0.39 is 0 Å². The zero-order chi connectivity index (χ0) is 9.97. The summed E-state index contributed by atoms with van der Waals surface area (Å²) in [6.07, 6.45) is 3.31. The van der Waals surface area contributed by atoms with E-state index in [9.17, 15) is 0 Å². The van der Waals surface area contributed by atoms with Gasteiger partial charge in [0.25, 0.3) is 0 Å². The van der Waals surface area contributed by atoms with Crippen molar-refractivity contribution in [2.45, 2.75) is 0 Å². The average Bonchev–Trinajstić information content (AvgIpc) is 2.21. The Labute approximate surface area is 84.6 Å². The van der Waals surface area contributed by atoms with E-state index in [4.69, 9.17) is 6.92 Å². The molecular formula is C10H14N4. The Balaban J connectivity index is 2.05. The monoisotopic (exact) mass is 190 g/mol. The molecule has 1 saturated heterocycles. The lowest BCUT2D eigenvalue weighted by Crippen LogP contribution is -2.45. The van der Waals surface area contributed by atoms with Crippen LogP contribution in [0.5, 0.6) is 0 Å². The molecular weight excluding hydrogens is 176 g/mol. The molecule has 1 aromatic rings. The molecule has 0 atom stereocenters. The lowest BCUT2D eigenvalue weighted by Gasteiger charge is -2.32. The molecule has 14 heavy (non-hydrogen) atoms. The summed E-state index contributed by atoms with van der Waals surface area (Å²) in [7, 11) is 2.13. The van der Waals surface area contributed by atoms with Crippen LogP contribution in [0.25, 0.3) is 0 Å². The van der Waals surface area contributed by atoms with Crippen LogP contribution in [0.4, 0.5) is 5.95 Å². The van der Waals surface area contributed by atoms with E-state index >= 15 is 0 Å². The fourth-order valence-corrected chi connectivity index (χ4v) is 1.50. The van der Waals surface area contributed by atoms with Gasteiger partial charge in [-0.05, 0) is 12.6 Å². The van der Waals surface area contributed by atoms with Crippen LogP contribution >= 0.6 is 0 Å². The van der Waals surface area contributed by atoms with E-state index in [1.54, 1.807) is 12.4 Å². The number of nitrogens with zero attached hydrogens (tertiary/aromatic N) is 4. The molecule has 0 spiro atoms. The third kappa shape index (κ3) is 2.01. The topological polar surface area (TPSA) is 32.3 Å². The summed E-state index contributed by atoms with van der Waals surface area (Å²) in [6.45, 7) is 9.63. The Morgan fingerprint density at radius 1 is 1.14 bits per heavy atom. The minimum absolute atomic E-state index is 0.614. The summed E-state index contributed by atoms with van der Waals surface area (Å²) in [5.74, 6) is 0.785. The van der Waals surface area contributed by atoms with Crippen LogP contribution in [0.2, 0.25) is 0 Å². The van der Waals surface area contributed by atoms with Gasteiger partial charge in [-0.2, -0.15) is 0 Å². The molecule has 2 heterocycles. The second-order valence-corrected chi connectivity index (χ2v) is 3.61. The molecule has 0 aromatic carbocycles. The molecule has 1 fully saturated rings. The minimum atomic E-state index is 0.614. The van der Waals surface area contributed by atoms with Crippen LogP contribution < -0.4 is 4.90 Å². The standard InChI is InChI=1S/C10H14N4/c1-9-7-11-10(12-8-9)14-5-3-13(2)4-6-14/h1,7-8H,3-6H2,2H3. The summed E-state index contributed by atoms with van der Waals surface area (Å²) in [4.78, 5) is 12.9. The van der Waals surface area contributed by atoms with Crippen LogP contribution in [-0.4, -0.2) is 48.1 Å². The van der Waals surface area contributed by atoms with Gasteiger partial charge in [0.1, 0.15) is 0 Å². The van der Waals surface area contributed by atoms with Gasteiger partial charge in [0.15, 0.2) is 0 Å². The van der Waals surface area contributed by atoms with Gasteiger partial charge in [0.2, 0.25) is 5.95 Å². The summed E-state index contributed by atoms with van der Waals surface area (Å²) < 4.78 is 0. The number of hydrogen-bond donors (Lipinski definition) is 0. The Hall–Kier alpha value is -1.16. The summed E-state index contributed by atoms with van der Waals surface area (Å²) in [5, 5.41) is 0. The predicted octanol–water partition coefficient (Wildman–Crippen LogP) is 0.288. The van der Waals surface area contributed by atoms with Crippen molar-refractivity contribution in [1.82, 2.24) is 14.9 Å². The van der Waals surface area contributed by atoms with E-state index in [0.717, 1.165) is 32.1 Å². The van der Waals surface area contributed by atoms with Gasteiger partial charge in [-0.3, -0.25) is 0 Å². The van der Waals surface area contributed by atoms with Gasteiger partial charge in [0.05, 0.1) is 0 Å². The third-order valence-corrected chi connectivity index (χ3v) is 2.44. The van der Waals surface area contributed by atoms with E-state index in [1.165, 1.54) is 0 Å². The lowest BCUT2D eigenvalue weighted by molar-refractivity contribution is 0.311. The molecule has 0 unspecified atom stereocenters. The van der Waals surface area contributed by atoms with Crippen molar-refractivity contribution in [2.24, 2.45) is 0 Å². The van der Waals surface area contributed by atoms with Crippen LogP contribution in [0.1, 0.15) is 5.56 Å². The number of rotatable bonds is 1. The molecule has 2 radical (unpaired) electrons. The lowest BCUT2D eigenvalue weighted by atomic mass is 10.3. The first-order valence-electron chi connectivity index (χ1n) is 4.77. The smallest absolute Gasteiger partial charge is 0.225 e. The molecule has 0 N–H and O–H groups in total. The molecule has 0 amide bonds. The maximum absolute atomic E-state index is 5.53. The molecule has 1 aliphatic rings. The molecule has 2 rings (SSSR count). The van der Waals surface area contributed by atoms with Crippen molar-refractivity contribution < 1.29 is 0 Å². The molecule has 4 heteroatoms. The Kier molecular flexibility index (Phi) is 2.63. The highest BCUT2D eigenvalue weighted by Crippen LogP contribution is 2.09. The first-order chi connectivity index (χ1) is 6.75. The maximum atomic E-state index is 5.53. The number of piperazine rings is 1. The molecule has 74 valence electrons. The van der Waals surface area contributed by atoms with Crippen molar-refractivity contribution in [3.05, 3.63) is 24.9 Å². The van der Waals surface area contributed by atoms with Crippen molar-refractivity contribution >= 4 is 5.95 Å². The quantitative estimate of drug-likeness (QED) is 0.637. The molecule has 0 saturated carbocycles. The van der Waals surface area contributed by atoms with E-state index in [-0.39, 0.29) is 0 Å². The Morgan fingerprint density at radius 3 is 2.29 bits per heavy atom. The predicted molar refractivity (Wildman–Crippen MR) is 55.1 cm³/mol. The summed E-state index contributed by atoms with van der Waals surface area (Å²) in [6, 6.07) is 0. The molecule has 1 aromatic heterocycles. The second kappa shape index (κ2) is 3.92. The van der Waals surface area contributed by atoms with Crippen molar-refractivity contribution in [1.29, 1.82) is 0 Å². The normalized spacial score (nSPS) is 18.6. The highest BCUT2D eigenvalue weighted by Gasteiger charge is 2.15. The van der Waals surface area contributed by atoms with Gasteiger partial charge in [-0.15, -0.1) is 0 Å². The second-order valence-electron chi connectivity index (χ2n) is 3.61. The Morgan fingerprint density at radius 2 is 1.71 bits per heavy atom. The molecule has 0 bridgehead atoms. The minimum Gasteiger partial charge on any atom is -0.338 e. The fourth-order valence-electron chi connectivity index (χ4n) is 1.50. The van der Waals surface area contributed by atoms with Crippen molar-refractivity contribution in [3.8, 4) is 0 Å². The zero-order valence-corrected chi connectivity index (χ0v) is 8.35. The van der Waals surface area contributed by atoms with Crippen LogP contribution in [0.3, 0.4) is 0 Å². The summed E-state index contributed by atoms with van der Waals surface area (Å²) in [5.41, 5.74) is 0.614. The molecule has 0 aliphatic carbocycles. The van der Waals surface area contributed by atoms with Crippen molar-refractivity contribution in [3.63, 3.8) is 0 Å².